The fourth-order valence-corrected chi connectivity index (χ4v) is 4.02. The Labute approximate surface area is 150 Å². The number of nitrogens with zero attached hydrogens (tertiary/aromatic N) is 4. The summed E-state index contributed by atoms with van der Waals surface area (Å²) in [5, 5.41) is 6.24. The van der Waals surface area contributed by atoms with Crippen LogP contribution in [0.2, 0.25) is 0 Å². The predicted molar refractivity (Wildman–Crippen MR) is 97.9 cm³/mol. The van der Waals surface area contributed by atoms with Crippen LogP contribution in [0.5, 0.6) is 0 Å². The molecular weight excluding hydrogens is 350 g/mol. The third-order valence-corrected chi connectivity index (χ3v) is 5.47. The van der Waals surface area contributed by atoms with Crippen molar-refractivity contribution in [1.29, 1.82) is 0 Å². The number of rotatable bonds is 9. The minimum Gasteiger partial charge on any atom is -0.444 e. The monoisotopic (exact) mass is 375 g/mol. The second kappa shape index (κ2) is 10.6. The fourth-order valence-electron chi connectivity index (χ4n) is 2.12. The highest BCUT2D eigenvalue weighted by atomic mass is 33.1. The van der Waals surface area contributed by atoms with Crippen molar-refractivity contribution in [3.8, 4) is 0 Å². The van der Waals surface area contributed by atoms with Crippen molar-refractivity contribution in [3.05, 3.63) is 10.4 Å². The average Bonchev–Trinajstić information content (AvgIpc) is 2.82. The van der Waals surface area contributed by atoms with E-state index in [2.05, 4.69) is 15.3 Å². The van der Waals surface area contributed by atoms with Crippen molar-refractivity contribution >= 4 is 33.6 Å². The van der Waals surface area contributed by atoms with E-state index in [1.807, 2.05) is 25.7 Å². The van der Waals surface area contributed by atoms with E-state index in [0.717, 1.165) is 11.5 Å². The van der Waals surface area contributed by atoms with Gasteiger partial charge in [-0.25, -0.2) is 4.79 Å². The third-order valence-electron chi connectivity index (χ3n) is 3.08. The van der Waals surface area contributed by atoms with Crippen LogP contribution in [0.3, 0.4) is 0 Å². The molecule has 0 radical (unpaired) electrons. The van der Waals surface area contributed by atoms with E-state index in [0.29, 0.717) is 32.6 Å². The molecule has 0 aromatic rings. The number of alkyl carbamates (subject to hydrolysis) is 1. The maximum atomic E-state index is 11.8. The first kappa shape index (κ1) is 20.8. The van der Waals surface area contributed by atoms with E-state index >= 15 is 0 Å². The molecule has 0 aromatic heterocycles. The van der Waals surface area contributed by atoms with E-state index in [9.17, 15) is 9.59 Å². The van der Waals surface area contributed by atoms with Gasteiger partial charge in [0.15, 0.2) is 0 Å². The van der Waals surface area contributed by atoms with Gasteiger partial charge in [0.2, 0.25) is 5.91 Å². The number of likely N-dealkylation sites (tertiary alicyclic amines) is 1. The van der Waals surface area contributed by atoms with Crippen LogP contribution in [0.15, 0.2) is 5.11 Å². The van der Waals surface area contributed by atoms with Crippen LogP contribution in [0.25, 0.3) is 10.4 Å². The van der Waals surface area contributed by atoms with Crippen LogP contribution in [0.1, 0.15) is 27.2 Å². The van der Waals surface area contributed by atoms with Gasteiger partial charge >= 0.3 is 6.09 Å². The Bertz CT molecular complexity index is 478. The van der Waals surface area contributed by atoms with E-state index in [1.165, 1.54) is 0 Å². The minimum absolute atomic E-state index is 0.130. The molecular formula is C14H25N5O3S2. The van der Waals surface area contributed by atoms with Gasteiger partial charge in [0.25, 0.3) is 0 Å². The molecule has 2 amide bonds. The normalized spacial score (nSPS) is 17.5. The van der Waals surface area contributed by atoms with Crippen LogP contribution in [0.4, 0.5) is 4.79 Å². The Morgan fingerprint density at radius 2 is 2.17 bits per heavy atom. The van der Waals surface area contributed by atoms with Crippen LogP contribution in [-0.2, 0) is 9.53 Å². The molecule has 1 aliphatic rings. The number of hydrogen-bond acceptors (Lipinski definition) is 6. The minimum atomic E-state index is -0.481. The second-order valence-electron chi connectivity index (χ2n) is 6.40. The number of carbonyl (C=O) groups excluding carboxylic acids is 2. The first-order chi connectivity index (χ1) is 11.3. The van der Waals surface area contributed by atoms with Gasteiger partial charge < -0.3 is 15.0 Å². The zero-order valence-electron chi connectivity index (χ0n) is 14.4. The maximum absolute atomic E-state index is 11.8. The largest absolute Gasteiger partial charge is 0.444 e. The van der Waals surface area contributed by atoms with Crippen molar-refractivity contribution in [2.45, 2.75) is 32.8 Å². The Kier molecular flexibility index (Phi) is 9.17. The average molecular weight is 376 g/mol. The Hall–Kier alpha value is -1.25. The van der Waals surface area contributed by atoms with Gasteiger partial charge in [-0.2, -0.15) is 0 Å². The van der Waals surface area contributed by atoms with Crippen molar-refractivity contribution in [2.24, 2.45) is 11.0 Å². The lowest BCUT2D eigenvalue weighted by Gasteiger charge is -2.19. The van der Waals surface area contributed by atoms with E-state index < -0.39 is 11.7 Å². The predicted octanol–water partition coefficient (Wildman–Crippen LogP) is 3.05. The molecule has 136 valence electrons. The standard InChI is InChI=1S/C14H25N5O3S2/c1-14(2,3)22-13(21)16-4-6-23-24-7-5-19-10-11(8-12(19)20)9-17-18-15/h11H,4-10H2,1-3H3,(H,16,21). The first-order valence-corrected chi connectivity index (χ1v) is 10.3. The molecule has 1 fully saturated rings. The molecule has 1 rings (SSSR count). The molecule has 1 heterocycles. The van der Waals surface area contributed by atoms with Gasteiger partial charge in [0.05, 0.1) is 0 Å². The van der Waals surface area contributed by atoms with E-state index in [-0.39, 0.29) is 11.8 Å². The number of hydrogen-bond donors (Lipinski definition) is 1. The summed E-state index contributed by atoms with van der Waals surface area (Å²) >= 11 is 0. The SMILES string of the molecule is CC(C)(C)OC(=O)NCCSSCCN1CC(CN=[N+]=[N-])CC1=O. The van der Waals surface area contributed by atoms with Crippen LogP contribution < -0.4 is 5.32 Å². The van der Waals surface area contributed by atoms with Crippen LogP contribution >= 0.6 is 21.6 Å². The summed E-state index contributed by atoms with van der Waals surface area (Å²) in [6.07, 6.45) is 0.0678. The summed E-state index contributed by atoms with van der Waals surface area (Å²) < 4.78 is 5.14. The number of amides is 2. The molecule has 1 N–H and O–H groups in total. The smallest absolute Gasteiger partial charge is 0.407 e. The summed E-state index contributed by atoms with van der Waals surface area (Å²) in [5.74, 6) is 1.88. The van der Waals surface area contributed by atoms with Gasteiger partial charge in [-0.05, 0) is 32.2 Å². The lowest BCUT2D eigenvalue weighted by atomic mass is 10.1. The van der Waals surface area contributed by atoms with Crippen LogP contribution in [0, 0.1) is 5.92 Å². The molecule has 0 aromatic carbocycles. The van der Waals surface area contributed by atoms with Crippen molar-refractivity contribution in [3.63, 3.8) is 0 Å². The zero-order valence-corrected chi connectivity index (χ0v) is 16.0. The topological polar surface area (TPSA) is 107 Å². The highest BCUT2D eigenvalue weighted by Crippen LogP contribution is 2.23. The summed E-state index contributed by atoms with van der Waals surface area (Å²) in [7, 11) is 3.33. The molecule has 0 saturated carbocycles. The summed E-state index contributed by atoms with van der Waals surface area (Å²) in [4.78, 5) is 27.8. The van der Waals surface area contributed by atoms with Gasteiger partial charge in [-0.3, -0.25) is 4.79 Å². The molecule has 1 saturated heterocycles. The van der Waals surface area contributed by atoms with Crippen molar-refractivity contribution in [2.75, 3.05) is 37.7 Å². The summed E-state index contributed by atoms with van der Waals surface area (Å²) in [6, 6.07) is 0. The fraction of sp³-hybridized carbons (Fsp3) is 0.857. The van der Waals surface area contributed by atoms with E-state index in [4.69, 9.17) is 10.3 Å². The molecule has 1 aliphatic heterocycles. The van der Waals surface area contributed by atoms with Gasteiger partial charge in [0, 0.05) is 49.0 Å². The summed E-state index contributed by atoms with van der Waals surface area (Å²) in [6.45, 7) is 7.78. The molecule has 0 spiro atoms. The van der Waals surface area contributed by atoms with Crippen LogP contribution in [-0.4, -0.2) is 60.2 Å². The second-order valence-corrected chi connectivity index (χ2v) is 9.10. The Morgan fingerprint density at radius 1 is 1.46 bits per heavy atom. The molecule has 8 nitrogen and oxygen atoms in total. The molecule has 10 heteroatoms. The van der Waals surface area contributed by atoms with Gasteiger partial charge in [-0.15, -0.1) is 0 Å². The molecule has 1 atom stereocenters. The first-order valence-electron chi connectivity index (χ1n) is 7.81. The highest BCUT2D eigenvalue weighted by molar-refractivity contribution is 8.76. The maximum Gasteiger partial charge on any atom is 0.407 e. The molecule has 24 heavy (non-hydrogen) atoms. The molecule has 1 unspecified atom stereocenters. The van der Waals surface area contributed by atoms with Crippen molar-refractivity contribution in [1.82, 2.24) is 10.2 Å². The molecule has 0 bridgehead atoms. The van der Waals surface area contributed by atoms with Gasteiger partial charge in [-0.1, -0.05) is 26.7 Å². The van der Waals surface area contributed by atoms with Gasteiger partial charge in [0.1, 0.15) is 5.60 Å². The van der Waals surface area contributed by atoms with Crippen molar-refractivity contribution < 1.29 is 14.3 Å². The number of carbonyl (C=O) groups is 2. The number of ether oxygens (including phenoxy) is 1. The highest BCUT2D eigenvalue weighted by Gasteiger charge is 2.28. The lowest BCUT2D eigenvalue weighted by molar-refractivity contribution is -0.127. The Morgan fingerprint density at radius 3 is 2.83 bits per heavy atom. The van der Waals surface area contributed by atoms with E-state index in [1.54, 1.807) is 21.6 Å². The Balaban J connectivity index is 2.03. The lowest BCUT2D eigenvalue weighted by Crippen LogP contribution is -2.33. The zero-order chi connectivity index (χ0) is 18.0. The number of nitrogens with one attached hydrogen (secondary N) is 1. The quantitative estimate of drug-likeness (QED) is 0.219. The number of azide groups is 1. The third kappa shape index (κ3) is 9.14. The summed E-state index contributed by atoms with van der Waals surface area (Å²) in [5.41, 5.74) is 7.83. The molecule has 0 aliphatic carbocycles.